The van der Waals surface area contributed by atoms with Crippen molar-refractivity contribution in [1.29, 1.82) is 0 Å². The summed E-state index contributed by atoms with van der Waals surface area (Å²) in [6, 6.07) is 0. The number of hydrogen-bond donors (Lipinski definition) is 2. The van der Waals surface area contributed by atoms with Crippen LogP contribution in [0.1, 0.15) is 6.92 Å². The van der Waals surface area contributed by atoms with Gasteiger partial charge in [0.05, 0.1) is 46.2 Å². The molecule has 0 aliphatic rings. The summed E-state index contributed by atoms with van der Waals surface area (Å²) in [4.78, 5) is 0. The summed E-state index contributed by atoms with van der Waals surface area (Å²) in [5.74, 6) is 0. The van der Waals surface area contributed by atoms with Gasteiger partial charge in [-0.2, -0.15) is 0 Å². The Morgan fingerprint density at radius 1 is 0.938 bits per heavy atom. The molecule has 1 atom stereocenters. The Morgan fingerprint density at radius 3 is 2.31 bits per heavy atom. The molecular weight excluding hydrogens is 216 g/mol. The molecule has 0 aromatic carbocycles. The Morgan fingerprint density at radius 2 is 1.62 bits per heavy atom. The Hall–Kier alpha value is -0.240. The molecule has 0 spiro atoms. The lowest BCUT2D eigenvalue weighted by Gasteiger charge is -2.12. The fourth-order valence-electron chi connectivity index (χ4n) is 0.904. The molecule has 0 amide bonds. The minimum atomic E-state index is -0.970. The summed E-state index contributed by atoms with van der Waals surface area (Å²) in [6.07, 6.45) is -0.970. The minimum Gasteiger partial charge on any atom is -0.394 e. The van der Waals surface area contributed by atoms with Gasteiger partial charge in [0.2, 0.25) is 0 Å². The van der Waals surface area contributed by atoms with Gasteiger partial charge in [-0.25, -0.2) is 0 Å². The predicted molar refractivity (Wildman–Crippen MR) is 57.2 cm³/mol. The average molecular weight is 238 g/mol. The van der Waals surface area contributed by atoms with Crippen molar-refractivity contribution in [2.24, 2.45) is 0 Å². The minimum absolute atomic E-state index is 0.0551. The number of aliphatic hydroxyl groups excluding tert-OH is 2. The van der Waals surface area contributed by atoms with Crippen molar-refractivity contribution in [1.82, 2.24) is 0 Å². The lowest BCUT2D eigenvalue weighted by atomic mass is 10.6. The molecule has 16 heavy (non-hydrogen) atoms. The molecule has 98 valence electrons. The van der Waals surface area contributed by atoms with E-state index in [4.69, 9.17) is 24.1 Å². The summed E-state index contributed by atoms with van der Waals surface area (Å²) in [6.45, 7) is 4.59. The van der Waals surface area contributed by atoms with Gasteiger partial charge in [0.1, 0.15) is 0 Å². The van der Waals surface area contributed by atoms with Crippen LogP contribution < -0.4 is 0 Å². The van der Waals surface area contributed by atoms with Crippen molar-refractivity contribution in [3.8, 4) is 0 Å². The largest absolute Gasteiger partial charge is 0.394 e. The van der Waals surface area contributed by atoms with Crippen LogP contribution in [-0.4, -0.2) is 69.4 Å². The zero-order valence-corrected chi connectivity index (χ0v) is 9.76. The monoisotopic (exact) mass is 238 g/mol. The maximum atomic E-state index is 9.21. The molecule has 0 bridgehead atoms. The van der Waals surface area contributed by atoms with Crippen LogP contribution >= 0.6 is 0 Å². The maximum absolute atomic E-state index is 9.21. The van der Waals surface area contributed by atoms with E-state index in [1.165, 1.54) is 0 Å². The molecule has 0 fully saturated rings. The Bertz CT molecular complexity index is 132. The van der Waals surface area contributed by atoms with Crippen LogP contribution in [0, 0.1) is 0 Å². The standard InChI is InChI=1S/C10H22O6/c1-2-13-5-6-14-7-8-16-10(12)9-15-4-3-11/h10-12H,2-9H2,1H3. The second kappa shape index (κ2) is 12.8. The molecule has 0 aromatic heterocycles. The van der Waals surface area contributed by atoms with Gasteiger partial charge >= 0.3 is 0 Å². The molecule has 0 saturated carbocycles. The molecule has 0 saturated heterocycles. The van der Waals surface area contributed by atoms with Crippen LogP contribution in [0.4, 0.5) is 0 Å². The molecule has 0 rings (SSSR count). The van der Waals surface area contributed by atoms with Crippen LogP contribution in [0.15, 0.2) is 0 Å². The maximum Gasteiger partial charge on any atom is 0.178 e. The number of ether oxygens (including phenoxy) is 4. The van der Waals surface area contributed by atoms with Crippen molar-refractivity contribution >= 4 is 0 Å². The molecule has 0 aliphatic carbocycles. The molecular formula is C10H22O6. The van der Waals surface area contributed by atoms with E-state index in [0.717, 1.165) is 0 Å². The van der Waals surface area contributed by atoms with Crippen molar-refractivity contribution in [2.75, 3.05) is 52.9 Å². The summed E-state index contributed by atoms with van der Waals surface area (Å²) in [5.41, 5.74) is 0. The van der Waals surface area contributed by atoms with Gasteiger partial charge in [0, 0.05) is 6.61 Å². The first-order valence-corrected chi connectivity index (χ1v) is 5.45. The fraction of sp³-hybridized carbons (Fsp3) is 1.00. The van der Waals surface area contributed by atoms with E-state index in [9.17, 15) is 5.11 Å². The quantitative estimate of drug-likeness (QED) is 0.349. The van der Waals surface area contributed by atoms with Gasteiger partial charge in [0.25, 0.3) is 0 Å². The molecule has 2 N–H and O–H groups in total. The van der Waals surface area contributed by atoms with Gasteiger partial charge in [-0.15, -0.1) is 0 Å². The number of hydrogen-bond acceptors (Lipinski definition) is 6. The predicted octanol–water partition coefficient (Wildman–Crippen LogP) is -0.617. The third-order valence-corrected chi connectivity index (χ3v) is 1.61. The smallest absolute Gasteiger partial charge is 0.178 e. The highest BCUT2D eigenvalue weighted by atomic mass is 16.6. The summed E-state index contributed by atoms with van der Waals surface area (Å²) in [5, 5.41) is 17.6. The molecule has 0 aromatic rings. The SMILES string of the molecule is CCOCCOCCOC(O)COCCO. The molecule has 6 nitrogen and oxygen atoms in total. The van der Waals surface area contributed by atoms with Crippen molar-refractivity contribution in [3.63, 3.8) is 0 Å². The summed E-state index contributed by atoms with van der Waals surface area (Å²) >= 11 is 0. The van der Waals surface area contributed by atoms with E-state index < -0.39 is 6.29 Å². The third kappa shape index (κ3) is 11.8. The molecule has 0 heterocycles. The number of rotatable bonds is 12. The lowest BCUT2D eigenvalue weighted by Crippen LogP contribution is -2.22. The first kappa shape index (κ1) is 15.8. The second-order valence-corrected chi connectivity index (χ2v) is 2.93. The second-order valence-electron chi connectivity index (χ2n) is 2.93. The highest BCUT2D eigenvalue weighted by Gasteiger charge is 2.03. The first-order chi connectivity index (χ1) is 7.81. The van der Waals surface area contributed by atoms with E-state index in [-0.39, 0.29) is 19.8 Å². The van der Waals surface area contributed by atoms with Gasteiger partial charge in [-0.3, -0.25) is 0 Å². The van der Waals surface area contributed by atoms with Crippen LogP contribution in [0.2, 0.25) is 0 Å². The van der Waals surface area contributed by atoms with Gasteiger partial charge in [-0.05, 0) is 6.92 Å². The molecule has 6 heteroatoms. The van der Waals surface area contributed by atoms with Crippen molar-refractivity contribution in [3.05, 3.63) is 0 Å². The highest BCUT2D eigenvalue weighted by Crippen LogP contribution is 1.89. The Kier molecular flexibility index (Phi) is 12.6. The van der Waals surface area contributed by atoms with E-state index in [0.29, 0.717) is 33.0 Å². The topological polar surface area (TPSA) is 77.4 Å². The highest BCUT2D eigenvalue weighted by molar-refractivity contribution is 4.39. The molecule has 1 unspecified atom stereocenters. The first-order valence-electron chi connectivity index (χ1n) is 5.45. The lowest BCUT2D eigenvalue weighted by molar-refractivity contribution is -0.148. The zero-order valence-electron chi connectivity index (χ0n) is 9.76. The average Bonchev–Trinajstić information content (AvgIpc) is 2.28. The van der Waals surface area contributed by atoms with Crippen LogP contribution in [0.5, 0.6) is 0 Å². The summed E-state index contributed by atoms with van der Waals surface area (Å²) < 4.78 is 20.1. The van der Waals surface area contributed by atoms with Crippen LogP contribution in [0.25, 0.3) is 0 Å². The Labute approximate surface area is 96.1 Å². The van der Waals surface area contributed by atoms with Gasteiger partial charge < -0.3 is 29.2 Å². The van der Waals surface area contributed by atoms with E-state index in [1.54, 1.807) is 0 Å². The normalized spacial score (nSPS) is 12.9. The van der Waals surface area contributed by atoms with E-state index in [1.807, 2.05) is 6.92 Å². The Balaban J connectivity index is 3.06. The van der Waals surface area contributed by atoms with Crippen LogP contribution in [0.3, 0.4) is 0 Å². The van der Waals surface area contributed by atoms with Crippen molar-refractivity contribution in [2.45, 2.75) is 13.2 Å². The van der Waals surface area contributed by atoms with Gasteiger partial charge in [0.15, 0.2) is 6.29 Å². The molecule has 0 radical (unpaired) electrons. The number of aliphatic hydroxyl groups is 2. The summed E-state index contributed by atoms with van der Waals surface area (Å²) in [7, 11) is 0. The van der Waals surface area contributed by atoms with E-state index >= 15 is 0 Å². The zero-order chi connectivity index (χ0) is 12.1. The molecule has 0 aliphatic heterocycles. The van der Waals surface area contributed by atoms with Gasteiger partial charge in [-0.1, -0.05) is 0 Å². The van der Waals surface area contributed by atoms with Crippen molar-refractivity contribution < 1.29 is 29.2 Å². The fourth-order valence-corrected chi connectivity index (χ4v) is 0.904. The van der Waals surface area contributed by atoms with E-state index in [2.05, 4.69) is 0 Å². The third-order valence-electron chi connectivity index (χ3n) is 1.61. The van der Waals surface area contributed by atoms with Crippen LogP contribution in [-0.2, 0) is 18.9 Å².